The molecule has 1 amide bonds. The summed E-state index contributed by atoms with van der Waals surface area (Å²) in [6.45, 7) is 2.04. The van der Waals surface area contributed by atoms with Crippen molar-refractivity contribution in [3.63, 3.8) is 0 Å². The molecule has 34 heavy (non-hydrogen) atoms. The zero-order valence-corrected chi connectivity index (χ0v) is 18.4. The molecule has 0 aliphatic carbocycles. The van der Waals surface area contributed by atoms with Gasteiger partial charge in [0.2, 0.25) is 0 Å². The van der Waals surface area contributed by atoms with Crippen LogP contribution >= 0.6 is 0 Å². The lowest BCUT2D eigenvalue weighted by Gasteiger charge is -2.14. The third kappa shape index (κ3) is 3.13. The van der Waals surface area contributed by atoms with E-state index in [0.717, 1.165) is 38.4 Å². The molecule has 0 unspecified atom stereocenters. The van der Waals surface area contributed by atoms with Gasteiger partial charge in [-0.25, -0.2) is 0 Å². The highest BCUT2D eigenvalue weighted by Crippen LogP contribution is 2.34. The van der Waals surface area contributed by atoms with Crippen molar-refractivity contribution in [2.24, 2.45) is 0 Å². The molecule has 6 aromatic rings. The first-order valence-corrected chi connectivity index (χ1v) is 11.0. The van der Waals surface area contributed by atoms with Crippen LogP contribution in [0.3, 0.4) is 0 Å². The molecule has 2 aromatic carbocycles. The van der Waals surface area contributed by atoms with Crippen LogP contribution in [0.25, 0.3) is 38.1 Å². The van der Waals surface area contributed by atoms with Crippen molar-refractivity contribution >= 4 is 44.0 Å². The van der Waals surface area contributed by atoms with Gasteiger partial charge in [-0.3, -0.25) is 24.0 Å². The van der Waals surface area contributed by atoms with Crippen molar-refractivity contribution in [2.75, 3.05) is 0 Å². The maximum absolute atomic E-state index is 13.4. The van der Waals surface area contributed by atoms with Crippen molar-refractivity contribution < 1.29 is 9.53 Å². The molecule has 1 N–H and O–H groups in total. The average Bonchev–Trinajstić information content (AvgIpc) is 3.21. The molecule has 7 heteroatoms. The Labute approximate surface area is 194 Å². The fourth-order valence-corrected chi connectivity index (χ4v) is 4.50. The predicted octanol–water partition coefficient (Wildman–Crippen LogP) is 4.07. The van der Waals surface area contributed by atoms with E-state index < -0.39 is 6.10 Å². The lowest BCUT2D eigenvalue weighted by Crippen LogP contribution is -2.36. The lowest BCUT2D eigenvalue weighted by atomic mass is 10.1. The van der Waals surface area contributed by atoms with Crippen molar-refractivity contribution in [3.05, 3.63) is 95.2 Å². The van der Waals surface area contributed by atoms with E-state index in [4.69, 9.17) is 4.74 Å². The van der Waals surface area contributed by atoms with Gasteiger partial charge in [0.1, 0.15) is 5.75 Å². The minimum atomic E-state index is -0.701. The van der Waals surface area contributed by atoms with Gasteiger partial charge < -0.3 is 10.1 Å². The summed E-state index contributed by atoms with van der Waals surface area (Å²) in [5.74, 6) is 0.317. The number of nitrogens with one attached hydrogen (secondary N) is 1. The van der Waals surface area contributed by atoms with E-state index in [1.807, 2.05) is 60.7 Å². The number of carbonyl (C=O) groups is 1. The number of hydrogen-bond acceptors (Lipinski definition) is 5. The summed E-state index contributed by atoms with van der Waals surface area (Å²) < 4.78 is 7.68. The first-order chi connectivity index (χ1) is 16.6. The van der Waals surface area contributed by atoms with E-state index in [9.17, 15) is 9.59 Å². The van der Waals surface area contributed by atoms with Gasteiger partial charge in [-0.15, -0.1) is 0 Å². The quantitative estimate of drug-likeness (QED) is 0.402. The van der Waals surface area contributed by atoms with Gasteiger partial charge in [-0.2, -0.15) is 0 Å². The maximum Gasteiger partial charge on any atom is 0.263 e. The molecule has 0 fully saturated rings. The highest BCUT2D eigenvalue weighted by atomic mass is 16.5. The number of nitrogens with zero attached hydrogens (tertiary/aromatic N) is 3. The van der Waals surface area contributed by atoms with Crippen LogP contribution in [-0.2, 0) is 11.3 Å². The van der Waals surface area contributed by atoms with Crippen LogP contribution in [0.1, 0.15) is 12.6 Å². The van der Waals surface area contributed by atoms with Gasteiger partial charge in [0.05, 0.1) is 28.8 Å². The number of amides is 1. The number of aromatic nitrogens is 3. The SMILES string of the molecule is C[C@H](Oc1ccc2c(c1)c1ccnc3c4ccccc4c(=O)n2c13)C(=O)NCc1ccccn1. The van der Waals surface area contributed by atoms with Crippen LogP contribution in [0.15, 0.2) is 83.9 Å². The Morgan fingerprint density at radius 2 is 1.76 bits per heavy atom. The maximum atomic E-state index is 13.4. The molecule has 4 aromatic heterocycles. The minimum absolute atomic E-state index is 0.0768. The largest absolute Gasteiger partial charge is 0.481 e. The summed E-state index contributed by atoms with van der Waals surface area (Å²) in [6, 6.07) is 20.5. The summed E-state index contributed by atoms with van der Waals surface area (Å²) in [5, 5.41) is 6.10. The number of benzene rings is 2. The van der Waals surface area contributed by atoms with Crippen LogP contribution in [0.2, 0.25) is 0 Å². The van der Waals surface area contributed by atoms with E-state index in [0.29, 0.717) is 17.7 Å². The van der Waals surface area contributed by atoms with Crippen LogP contribution in [0.4, 0.5) is 0 Å². The molecule has 1 atom stereocenters. The fourth-order valence-electron chi connectivity index (χ4n) is 4.50. The normalized spacial score (nSPS) is 12.5. The lowest BCUT2D eigenvalue weighted by molar-refractivity contribution is -0.127. The molecule has 0 radical (unpaired) electrons. The highest BCUT2D eigenvalue weighted by Gasteiger charge is 2.19. The molecular weight excluding hydrogens is 428 g/mol. The van der Waals surface area contributed by atoms with Crippen molar-refractivity contribution in [1.82, 2.24) is 19.7 Å². The van der Waals surface area contributed by atoms with Gasteiger partial charge >= 0.3 is 0 Å². The molecule has 0 saturated carbocycles. The third-order valence-corrected chi connectivity index (χ3v) is 6.11. The summed E-state index contributed by atoms with van der Waals surface area (Å²) in [5.41, 5.74) is 3.06. The summed E-state index contributed by atoms with van der Waals surface area (Å²) in [6.07, 6.45) is 2.75. The smallest absolute Gasteiger partial charge is 0.263 e. The Kier molecular flexibility index (Phi) is 4.62. The predicted molar refractivity (Wildman–Crippen MR) is 131 cm³/mol. The number of pyridine rings is 3. The third-order valence-electron chi connectivity index (χ3n) is 6.11. The second-order valence-corrected chi connectivity index (χ2v) is 8.22. The first-order valence-electron chi connectivity index (χ1n) is 11.0. The van der Waals surface area contributed by atoms with E-state index in [1.165, 1.54) is 0 Å². The van der Waals surface area contributed by atoms with Gasteiger partial charge in [-0.05, 0) is 49.4 Å². The molecule has 0 aliphatic heterocycles. The van der Waals surface area contributed by atoms with Gasteiger partial charge in [-0.1, -0.05) is 24.3 Å². The Balaban J connectivity index is 1.38. The molecule has 4 heterocycles. The van der Waals surface area contributed by atoms with Gasteiger partial charge in [0.25, 0.3) is 11.5 Å². The number of rotatable bonds is 5. The zero-order valence-electron chi connectivity index (χ0n) is 18.4. The van der Waals surface area contributed by atoms with Crippen LogP contribution < -0.4 is 15.6 Å². The topological polar surface area (TPSA) is 85.6 Å². The Hall–Kier alpha value is -4.52. The van der Waals surface area contributed by atoms with Crippen molar-refractivity contribution in [2.45, 2.75) is 19.6 Å². The number of carbonyl (C=O) groups excluding carboxylic acids is 1. The Morgan fingerprint density at radius 1 is 0.941 bits per heavy atom. The molecule has 0 saturated heterocycles. The van der Waals surface area contributed by atoms with Crippen LogP contribution in [0, 0.1) is 0 Å². The average molecular weight is 448 g/mol. The number of hydrogen-bond donors (Lipinski definition) is 1. The Bertz CT molecular complexity index is 1740. The van der Waals surface area contributed by atoms with Crippen LogP contribution in [-0.4, -0.2) is 26.4 Å². The minimum Gasteiger partial charge on any atom is -0.481 e. The summed E-state index contributed by atoms with van der Waals surface area (Å²) in [7, 11) is 0. The second kappa shape index (κ2) is 7.81. The van der Waals surface area contributed by atoms with E-state index in [1.54, 1.807) is 29.8 Å². The summed E-state index contributed by atoms with van der Waals surface area (Å²) >= 11 is 0. The zero-order chi connectivity index (χ0) is 23.2. The van der Waals surface area contributed by atoms with Crippen LogP contribution in [0.5, 0.6) is 5.75 Å². The van der Waals surface area contributed by atoms with Crippen molar-refractivity contribution in [3.8, 4) is 5.75 Å². The van der Waals surface area contributed by atoms with Crippen molar-refractivity contribution in [1.29, 1.82) is 0 Å². The first kappa shape index (κ1) is 20.1. The van der Waals surface area contributed by atoms with E-state index in [2.05, 4.69) is 15.3 Å². The second-order valence-electron chi connectivity index (χ2n) is 8.22. The molecule has 0 bridgehead atoms. The highest BCUT2D eigenvalue weighted by molar-refractivity contribution is 6.18. The monoisotopic (exact) mass is 448 g/mol. The number of ether oxygens (including phenoxy) is 1. The Morgan fingerprint density at radius 3 is 2.59 bits per heavy atom. The molecular formula is C27H20N4O3. The molecule has 6 rings (SSSR count). The molecule has 7 nitrogen and oxygen atoms in total. The standard InChI is InChI=1S/C27H20N4O3/c1-16(26(32)30-15-17-6-4-5-12-28-17)34-18-9-10-23-22(14-18)20-11-13-29-24-19-7-2-3-8-21(19)27(33)31(23)25(20)24/h2-14,16H,15H2,1H3,(H,30,32)/t16-/m0/s1. The van der Waals surface area contributed by atoms with Gasteiger partial charge in [0, 0.05) is 33.9 Å². The molecule has 0 aliphatic rings. The molecule has 0 spiro atoms. The van der Waals surface area contributed by atoms with E-state index >= 15 is 0 Å². The summed E-state index contributed by atoms with van der Waals surface area (Å²) in [4.78, 5) is 34.7. The fraction of sp³-hybridized carbons (Fsp3) is 0.111. The van der Waals surface area contributed by atoms with E-state index in [-0.39, 0.29) is 11.5 Å². The molecule has 166 valence electrons. The number of fused-ring (bicyclic) bond motifs is 5. The van der Waals surface area contributed by atoms with Gasteiger partial charge in [0.15, 0.2) is 6.10 Å².